The third-order valence-electron chi connectivity index (χ3n) is 2.12. The first-order valence-electron chi connectivity index (χ1n) is 3.88. The van der Waals surface area contributed by atoms with Crippen LogP contribution in [0.3, 0.4) is 0 Å². The molecule has 92 valence electrons. The van der Waals surface area contributed by atoms with E-state index in [0.717, 1.165) is 12.2 Å². The summed E-state index contributed by atoms with van der Waals surface area (Å²) >= 11 is 0. The van der Waals surface area contributed by atoms with Gasteiger partial charge >= 0.3 is 0 Å². The molecule has 1 aliphatic rings. The molecular formula is C6H10N2O6S2. The molecule has 0 radical (unpaired) electrons. The standard InChI is InChI=1S/C6H10N2O6S2/c7-5-3-4(15(9,10)11)1-2-6(5,8)16(12,13)14/h1-3,5H,7-8H2,(H,9,10,11)(H,12,13,14). The Bertz CT molecular complexity index is 560. The maximum absolute atomic E-state index is 10.9. The number of rotatable bonds is 2. The third-order valence-corrected chi connectivity index (χ3v) is 4.29. The lowest BCUT2D eigenvalue weighted by Crippen LogP contribution is -2.59. The Kier molecular flexibility index (Phi) is 3.00. The molecule has 0 spiro atoms. The van der Waals surface area contributed by atoms with Crippen LogP contribution in [0.15, 0.2) is 23.1 Å². The fourth-order valence-electron chi connectivity index (χ4n) is 1.12. The van der Waals surface area contributed by atoms with E-state index in [1.807, 2.05) is 0 Å². The molecule has 0 aromatic carbocycles. The summed E-state index contributed by atoms with van der Waals surface area (Å²) in [5, 5.41) is 0. The van der Waals surface area contributed by atoms with Crippen LogP contribution in [0.1, 0.15) is 0 Å². The molecule has 0 aromatic rings. The van der Waals surface area contributed by atoms with E-state index < -0.39 is 36.1 Å². The van der Waals surface area contributed by atoms with Crippen molar-refractivity contribution in [3.63, 3.8) is 0 Å². The van der Waals surface area contributed by atoms with Gasteiger partial charge in [0.1, 0.15) is 0 Å². The van der Waals surface area contributed by atoms with Gasteiger partial charge < -0.3 is 11.5 Å². The van der Waals surface area contributed by atoms with Crippen molar-refractivity contribution in [3.8, 4) is 0 Å². The zero-order valence-corrected chi connectivity index (χ0v) is 9.44. The highest BCUT2D eigenvalue weighted by atomic mass is 32.2. The quantitative estimate of drug-likeness (QED) is 0.427. The van der Waals surface area contributed by atoms with Gasteiger partial charge in [-0.25, -0.2) is 0 Å². The molecule has 2 atom stereocenters. The first-order valence-corrected chi connectivity index (χ1v) is 6.76. The highest BCUT2D eigenvalue weighted by Gasteiger charge is 2.44. The predicted molar refractivity (Wildman–Crippen MR) is 55.2 cm³/mol. The highest BCUT2D eigenvalue weighted by Crippen LogP contribution is 2.24. The molecule has 0 fully saturated rings. The summed E-state index contributed by atoms with van der Waals surface area (Å²) in [5.41, 5.74) is 10.6. The van der Waals surface area contributed by atoms with Crippen molar-refractivity contribution in [1.82, 2.24) is 0 Å². The largest absolute Gasteiger partial charge is 0.322 e. The Hall–Kier alpha value is -0.780. The Morgan fingerprint density at radius 3 is 2.06 bits per heavy atom. The maximum atomic E-state index is 10.9. The Morgan fingerprint density at radius 2 is 1.75 bits per heavy atom. The zero-order chi connectivity index (χ0) is 12.8. The molecule has 0 heterocycles. The van der Waals surface area contributed by atoms with Gasteiger partial charge in [0.15, 0.2) is 4.87 Å². The van der Waals surface area contributed by atoms with Gasteiger partial charge in [-0.3, -0.25) is 9.11 Å². The van der Waals surface area contributed by atoms with E-state index in [1.165, 1.54) is 0 Å². The summed E-state index contributed by atoms with van der Waals surface area (Å²) in [5.74, 6) is 0. The highest BCUT2D eigenvalue weighted by molar-refractivity contribution is 7.90. The van der Waals surface area contributed by atoms with Crippen molar-refractivity contribution in [3.05, 3.63) is 23.1 Å². The van der Waals surface area contributed by atoms with Gasteiger partial charge in [-0.1, -0.05) is 0 Å². The van der Waals surface area contributed by atoms with E-state index in [-0.39, 0.29) is 0 Å². The van der Waals surface area contributed by atoms with Crippen LogP contribution in [0, 0.1) is 0 Å². The second kappa shape index (κ2) is 3.61. The van der Waals surface area contributed by atoms with Gasteiger partial charge in [0.05, 0.1) is 10.9 Å². The number of hydrogen-bond donors (Lipinski definition) is 4. The van der Waals surface area contributed by atoms with Gasteiger partial charge in [0.2, 0.25) is 0 Å². The summed E-state index contributed by atoms with van der Waals surface area (Å²) in [6, 6.07) is -1.50. The second-order valence-corrected chi connectivity index (χ2v) is 6.31. The van der Waals surface area contributed by atoms with E-state index >= 15 is 0 Å². The first kappa shape index (κ1) is 13.3. The lowest BCUT2D eigenvalue weighted by molar-refractivity contribution is 0.434. The van der Waals surface area contributed by atoms with E-state index in [4.69, 9.17) is 20.6 Å². The monoisotopic (exact) mass is 270 g/mol. The lowest BCUT2D eigenvalue weighted by atomic mass is 10.0. The van der Waals surface area contributed by atoms with Crippen molar-refractivity contribution < 1.29 is 25.9 Å². The number of allylic oxidation sites excluding steroid dienone is 1. The third kappa shape index (κ3) is 2.16. The topological polar surface area (TPSA) is 161 Å². The predicted octanol–water partition coefficient (Wildman–Crippen LogP) is -1.80. The average Bonchev–Trinajstić information content (AvgIpc) is 2.05. The van der Waals surface area contributed by atoms with Gasteiger partial charge in [-0.2, -0.15) is 16.8 Å². The van der Waals surface area contributed by atoms with Gasteiger partial charge in [-0.15, -0.1) is 0 Å². The molecule has 1 aliphatic carbocycles. The number of hydrogen-bond acceptors (Lipinski definition) is 6. The summed E-state index contributed by atoms with van der Waals surface area (Å²) in [6.07, 6.45) is 2.20. The molecule has 8 nitrogen and oxygen atoms in total. The van der Waals surface area contributed by atoms with Crippen LogP contribution in [0.25, 0.3) is 0 Å². The smallest absolute Gasteiger partial charge is 0.294 e. The van der Waals surface area contributed by atoms with Crippen LogP contribution in [-0.4, -0.2) is 36.9 Å². The normalized spacial score (nSPS) is 31.2. The SMILES string of the molecule is NC1C=C(S(=O)(=O)O)C=CC1(N)S(=O)(=O)O. The fourth-order valence-corrected chi connectivity index (χ4v) is 2.33. The Labute approximate surface area is 92.1 Å². The van der Waals surface area contributed by atoms with Gasteiger partial charge in [-0.05, 0) is 18.2 Å². The minimum absolute atomic E-state index is 0.579. The molecule has 0 aliphatic heterocycles. The maximum Gasteiger partial charge on any atom is 0.294 e. The molecule has 16 heavy (non-hydrogen) atoms. The van der Waals surface area contributed by atoms with Crippen LogP contribution in [0.5, 0.6) is 0 Å². The van der Waals surface area contributed by atoms with Crippen molar-refractivity contribution in [2.24, 2.45) is 11.5 Å². The van der Waals surface area contributed by atoms with Gasteiger partial charge in [0, 0.05) is 0 Å². The van der Waals surface area contributed by atoms with Crippen LogP contribution in [0.2, 0.25) is 0 Å². The van der Waals surface area contributed by atoms with Crippen LogP contribution < -0.4 is 11.5 Å². The minimum Gasteiger partial charge on any atom is -0.322 e. The molecule has 0 amide bonds. The molecule has 0 aromatic heterocycles. The second-order valence-electron chi connectivity index (χ2n) is 3.23. The number of nitrogens with two attached hydrogens (primary N) is 2. The lowest BCUT2D eigenvalue weighted by Gasteiger charge is -2.29. The summed E-state index contributed by atoms with van der Waals surface area (Å²) < 4.78 is 60.8. The minimum atomic E-state index is -4.70. The molecule has 2 unspecified atom stereocenters. The van der Waals surface area contributed by atoms with E-state index in [1.54, 1.807) is 0 Å². The average molecular weight is 270 g/mol. The van der Waals surface area contributed by atoms with Crippen molar-refractivity contribution in [1.29, 1.82) is 0 Å². The molecule has 1 rings (SSSR count). The van der Waals surface area contributed by atoms with E-state index in [0.29, 0.717) is 6.08 Å². The van der Waals surface area contributed by atoms with Crippen molar-refractivity contribution in [2.45, 2.75) is 10.9 Å². The van der Waals surface area contributed by atoms with Gasteiger partial charge in [0.25, 0.3) is 20.2 Å². The van der Waals surface area contributed by atoms with Crippen molar-refractivity contribution in [2.75, 3.05) is 0 Å². The zero-order valence-electron chi connectivity index (χ0n) is 7.81. The molecular weight excluding hydrogens is 260 g/mol. The summed E-state index contributed by atoms with van der Waals surface area (Å²) in [6.45, 7) is 0. The van der Waals surface area contributed by atoms with Crippen LogP contribution >= 0.6 is 0 Å². The molecule has 0 saturated carbocycles. The van der Waals surface area contributed by atoms with E-state index in [2.05, 4.69) is 0 Å². The fraction of sp³-hybridized carbons (Fsp3) is 0.333. The van der Waals surface area contributed by atoms with Crippen LogP contribution in [-0.2, 0) is 20.2 Å². The summed E-state index contributed by atoms with van der Waals surface area (Å²) in [7, 11) is -9.19. The Balaban J connectivity index is 3.28. The van der Waals surface area contributed by atoms with Crippen LogP contribution in [0.4, 0.5) is 0 Å². The molecule has 0 saturated heterocycles. The Morgan fingerprint density at radius 1 is 1.25 bits per heavy atom. The molecule has 6 N–H and O–H groups in total. The van der Waals surface area contributed by atoms with Crippen molar-refractivity contribution >= 4 is 20.2 Å². The summed E-state index contributed by atoms with van der Waals surface area (Å²) in [4.78, 5) is -2.88. The molecule has 0 bridgehead atoms. The molecule has 10 heteroatoms. The first-order chi connectivity index (χ1) is 6.98. The van der Waals surface area contributed by atoms with E-state index in [9.17, 15) is 16.8 Å².